The molecule has 0 aliphatic rings. The van der Waals surface area contributed by atoms with Gasteiger partial charge in [-0.3, -0.25) is 0 Å². The highest BCUT2D eigenvalue weighted by Gasteiger charge is 2.07. The standard InChI is InChI=1S/C16H23FN2/c1-3-8-19(9-4-2)10-7-13-12-18-16-6-5-14(17)11-15(13)16/h5-6,11-12,18H,3-4,7-10H2,1-2H3. The number of fused-ring (bicyclic) bond motifs is 1. The minimum Gasteiger partial charge on any atom is -0.361 e. The zero-order chi connectivity index (χ0) is 13.7. The Bertz CT molecular complexity index is 512. The molecule has 2 nitrogen and oxygen atoms in total. The first-order valence-electron chi connectivity index (χ1n) is 7.22. The molecule has 0 atom stereocenters. The zero-order valence-corrected chi connectivity index (χ0v) is 11.9. The van der Waals surface area contributed by atoms with Crippen LogP contribution in [-0.2, 0) is 6.42 Å². The number of H-pyrrole nitrogens is 1. The maximum absolute atomic E-state index is 13.3. The van der Waals surface area contributed by atoms with Gasteiger partial charge in [-0.25, -0.2) is 4.39 Å². The van der Waals surface area contributed by atoms with Gasteiger partial charge in [0.1, 0.15) is 5.82 Å². The third kappa shape index (κ3) is 3.57. The molecule has 0 aliphatic carbocycles. The average Bonchev–Trinajstić information content (AvgIpc) is 2.79. The molecule has 1 aromatic heterocycles. The second-order valence-corrected chi connectivity index (χ2v) is 5.10. The molecule has 0 aliphatic heterocycles. The lowest BCUT2D eigenvalue weighted by atomic mass is 10.1. The fourth-order valence-electron chi connectivity index (χ4n) is 2.60. The summed E-state index contributed by atoms with van der Waals surface area (Å²) < 4.78 is 13.3. The molecule has 1 aromatic carbocycles. The molecule has 0 unspecified atom stereocenters. The van der Waals surface area contributed by atoms with Gasteiger partial charge in [-0.1, -0.05) is 13.8 Å². The van der Waals surface area contributed by atoms with Crippen molar-refractivity contribution in [2.24, 2.45) is 0 Å². The number of hydrogen-bond acceptors (Lipinski definition) is 1. The molecule has 2 rings (SSSR count). The SMILES string of the molecule is CCCN(CCC)CCc1c[nH]c2ccc(F)cc12. The van der Waals surface area contributed by atoms with E-state index in [4.69, 9.17) is 0 Å². The molecule has 0 saturated carbocycles. The van der Waals surface area contributed by atoms with Crippen LogP contribution in [0.25, 0.3) is 10.9 Å². The monoisotopic (exact) mass is 262 g/mol. The van der Waals surface area contributed by atoms with Gasteiger partial charge in [0.05, 0.1) is 0 Å². The lowest BCUT2D eigenvalue weighted by Gasteiger charge is -2.20. The van der Waals surface area contributed by atoms with E-state index in [-0.39, 0.29) is 5.82 Å². The molecule has 2 aromatic rings. The van der Waals surface area contributed by atoms with Crippen molar-refractivity contribution in [1.29, 1.82) is 0 Å². The van der Waals surface area contributed by atoms with E-state index in [1.54, 1.807) is 6.07 Å². The van der Waals surface area contributed by atoms with Gasteiger partial charge in [0.25, 0.3) is 0 Å². The molecule has 0 spiro atoms. The van der Waals surface area contributed by atoms with Crippen molar-refractivity contribution in [3.05, 3.63) is 35.8 Å². The van der Waals surface area contributed by atoms with Gasteiger partial charge < -0.3 is 9.88 Å². The predicted octanol–water partition coefficient (Wildman–Crippen LogP) is 3.97. The van der Waals surface area contributed by atoms with Gasteiger partial charge in [-0.2, -0.15) is 0 Å². The first-order valence-corrected chi connectivity index (χ1v) is 7.22. The lowest BCUT2D eigenvalue weighted by Crippen LogP contribution is -2.27. The molecule has 1 heterocycles. The molecule has 0 radical (unpaired) electrons. The van der Waals surface area contributed by atoms with Crippen LogP contribution in [0.3, 0.4) is 0 Å². The Balaban J connectivity index is 2.06. The number of aromatic amines is 1. The molecule has 19 heavy (non-hydrogen) atoms. The van der Waals surface area contributed by atoms with Crippen LogP contribution in [-0.4, -0.2) is 29.5 Å². The summed E-state index contributed by atoms with van der Waals surface area (Å²) in [5.41, 5.74) is 2.24. The van der Waals surface area contributed by atoms with Crippen molar-refractivity contribution < 1.29 is 4.39 Å². The number of rotatable bonds is 7. The van der Waals surface area contributed by atoms with Gasteiger partial charge in [-0.05, 0) is 56.1 Å². The van der Waals surface area contributed by atoms with Crippen LogP contribution >= 0.6 is 0 Å². The number of hydrogen-bond donors (Lipinski definition) is 1. The van der Waals surface area contributed by atoms with Crippen LogP contribution in [0.15, 0.2) is 24.4 Å². The predicted molar refractivity (Wildman–Crippen MR) is 79.0 cm³/mol. The molecule has 3 heteroatoms. The minimum absolute atomic E-state index is 0.160. The quantitative estimate of drug-likeness (QED) is 0.800. The van der Waals surface area contributed by atoms with E-state index in [0.29, 0.717) is 0 Å². The van der Waals surface area contributed by atoms with Crippen LogP contribution < -0.4 is 0 Å². The fourth-order valence-corrected chi connectivity index (χ4v) is 2.60. The lowest BCUT2D eigenvalue weighted by molar-refractivity contribution is 0.278. The Kier molecular flexibility index (Phi) is 4.97. The number of halogens is 1. The Hall–Kier alpha value is -1.35. The van der Waals surface area contributed by atoms with Crippen molar-refractivity contribution >= 4 is 10.9 Å². The molecule has 0 amide bonds. The van der Waals surface area contributed by atoms with E-state index in [2.05, 4.69) is 23.7 Å². The third-order valence-corrected chi connectivity index (χ3v) is 3.51. The summed E-state index contributed by atoms with van der Waals surface area (Å²) in [6, 6.07) is 4.94. The molecule has 0 bridgehead atoms. The van der Waals surface area contributed by atoms with Crippen LogP contribution in [0.1, 0.15) is 32.3 Å². The van der Waals surface area contributed by atoms with E-state index in [1.807, 2.05) is 12.3 Å². The topological polar surface area (TPSA) is 19.0 Å². The Morgan fingerprint density at radius 3 is 2.53 bits per heavy atom. The summed E-state index contributed by atoms with van der Waals surface area (Å²) in [6.45, 7) is 7.76. The number of nitrogens with one attached hydrogen (secondary N) is 1. The summed E-state index contributed by atoms with van der Waals surface area (Å²) >= 11 is 0. The van der Waals surface area contributed by atoms with E-state index in [1.165, 1.54) is 24.5 Å². The van der Waals surface area contributed by atoms with Gasteiger partial charge in [0.15, 0.2) is 0 Å². The number of aromatic nitrogens is 1. The van der Waals surface area contributed by atoms with E-state index >= 15 is 0 Å². The van der Waals surface area contributed by atoms with Crippen LogP contribution in [0.2, 0.25) is 0 Å². The second-order valence-electron chi connectivity index (χ2n) is 5.10. The average molecular weight is 262 g/mol. The number of nitrogens with zero attached hydrogens (tertiary/aromatic N) is 1. The Labute approximate surface area is 114 Å². The van der Waals surface area contributed by atoms with Gasteiger partial charge in [0.2, 0.25) is 0 Å². The Morgan fingerprint density at radius 2 is 1.84 bits per heavy atom. The summed E-state index contributed by atoms with van der Waals surface area (Å²) in [5.74, 6) is -0.160. The van der Waals surface area contributed by atoms with E-state index in [0.717, 1.165) is 37.0 Å². The maximum Gasteiger partial charge on any atom is 0.123 e. The van der Waals surface area contributed by atoms with E-state index < -0.39 is 0 Å². The van der Waals surface area contributed by atoms with Gasteiger partial charge >= 0.3 is 0 Å². The van der Waals surface area contributed by atoms with Crippen molar-refractivity contribution in [2.45, 2.75) is 33.1 Å². The summed E-state index contributed by atoms with van der Waals surface area (Å²) in [6.07, 6.45) is 5.36. The molecule has 1 N–H and O–H groups in total. The molecule has 0 fully saturated rings. The smallest absolute Gasteiger partial charge is 0.123 e. The largest absolute Gasteiger partial charge is 0.361 e. The maximum atomic E-state index is 13.3. The summed E-state index contributed by atoms with van der Waals surface area (Å²) in [4.78, 5) is 5.70. The molecular weight excluding hydrogens is 239 g/mol. The fraction of sp³-hybridized carbons (Fsp3) is 0.500. The van der Waals surface area contributed by atoms with Crippen molar-refractivity contribution in [1.82, 2.24) is 9.88 Å². The van der Waals surface area contributed by atoms with Crippen molar-refractivity contribution in [3.8, 4) is 0 Å². The second kappa shape index (κ2) is 6.71. The molecular formula is C16H23FN2. The highest BCUT2D eigenvalue weighted by atomic mass is 19.1. The summed E-state index contributed by atoms with van der Waals surface area (Å²) in [5, 5.41) is 1.02. The van der Waals surface area contributed by atoms with Crippen molar-refractivity contribution in [2.75, 3.05) is 19.6 Å². The van der Waals surface area contributed by atoms with E-state index in [9.17, 15) is 4.39 Å². The van der Waals surface area contributed by atoms with Crippen molar-refractivity contribution in [3.63, 3.8) is 0 Å². The van der Waals surface area contributed by atoms with Crippen LogP contribution in [0.5, 0.6) is 0 Å². The summed E-state index contributed by atoms with van der Waals surface area (Å²) in [7, 11) is 0. The highest BCUT2D eigenvalue weighted by molar-refractivity contribution is 5.83. The molecule has 104 valence electrons. The van der Waals surface area contributed by atoms with Crippen LogP contribution in [0.4, 0.5) is 4.39 Å². The normalized spacial score (nSPS) is 11.6. The third-order valence-electron chi connectivity index (χ3n) is 3.51. The Morgan fingerprint density at radius 1 is 1.11 bits per heavy atom. The highest BCUT2D eigenvalue weighted by Crippen LogP contribution is 2.20. The number of benzene rings is 1. The van der Waals surface area contributed by atoms with Gasteiger partial charge in [0, 0.05) is 23.6 Å². The van der Waals surface area contributed by atoms with Crippen LogP contribution in [0, 0.1) is 5.82 Å². The molecule has 0 saturated heterocycles. The first kappa shape index (κ1) is 14.1. The minimum atomic E-state index is -0.160. The zero-order valence-electron chi connectivity index (χ0n) is 11.9. The van der Waals surface area contributed by atoms with Gasteiger partial charge in [-0.15, -0.1) is 0 Å². The first-order chi connectivity index (χ1) is 9.24.